The van der Waals surface area contributed by atoms with Crippen LogP contribution in [0.5, 0.6) is 0 Å². The van der Waals surface area contributed by atoms with Crippen LogP contribution in [-0.4, -0.2) is 0 Å². The molecule has 3 rings (SSSR count). The predicted octanol–water partition coefficient (Wildman–Crippen LogP) is 4.31. The molecule has 3 fully saturated rings. The Morgan fingerprint density at radius 2 is 1.64 bits per heavy atom. The van der Waals surface area contributed by atoms with Crippen LogP contribution in [0, 0.1) is 17.3 Å². The summed E-state index contributed by atoms with van der Waals surface area (Å²) in [5.41, 5.74) is 2.35. The lowest BCUT2D eigenvalue weighted by Crippen LogP contribution is -1.98. The maximum Gasteiger partial charge on any atom is -0.0195 e. The zero-order valence-corrected chi connectivity index (χ0v) is 9.23. The first-order chi connectivity index (χ1) is 6.83. The highest BCUT2D eigenvalue weighted by atomic mass is 14.7. The lowest BCUT2D eigenvalue weighted by atomic mass is 9.98. The van der Waals surface area contributed by atoms with Gasteiger partial charge in [-0.15, -0.1) is 0 Å². The second-order valence-electron chi connectivity index (χ2n) is 5.86. The predicted molar refractivity (Wildman–Crippen MR) is 60.1 cm³/mol. The molecule has 0 amide bonds. The van der Waals surface area contributed by atoms with Crippen LogP contribution in [0.1, 0.15) is 57.8 Å². The van der Waals surface area contributed by atoms with Gasteiger partial charge in [-0.05, 0) is 49.4 Å². The molecule has 3 saturated carbocycles. The van der Waals surface area contributed by atoms with E-state index in [1.165, 1.54) is 57.8 Å². The summed E-state index contributed by atoms with van der Waals surface area (Å²) in [6.45, 7) is 4.19. The smallest absolute Gasteiger partial charge is 0.0195 e. The van der Waals surface area contributed by atoms with Crippen molar-refractivity contribution in [3.8, 4) is 0 Å². The average Bonchev–Trinajstić information content (AvgIpc) is 2.50. The molecular weight excluding hydrogens is 168 g/mol. The van der Waals surface area contributed by atoms with Gasteiger partial charge in [-0.2, -0.15) is 0 Å². The monoisotopic (exact) mass is 190 g/mol. The number of allylic oxidation sites excluding steroid dienone is 1. The third-order valence-corrected chi connectivity index (χ3v) is 5.16. The summed E-state index contributed by atoms with van der Waals surface area (Å²) >= 11 is 0. The number of hydrogen-bond acceptors (Lipinski definition) is 0. The molecule has 1 spiro atoms. The van der Waals surface area contributed by atoms with E-state index in [2.05, 4.69) is 6.58 Å². The van der Waals surface area contributed by atoms with Gasteiger partial charge in [-0.25, -0.2) is 0 Å². The zero-order chi connectivity index (χ0) is 9.60. The first kappa shape index (κ1) is 9.00. The van der Waals surface area contributed by atoms with Crippen molar-refractivity contribution in [1.82, 2.24) is 0 Å². The van der Waals surface area contributed by atoms with E-state index in [9.17, 15) is 0 Å². The highest BCUT2D eigenvalue weighted by Crippen LogP contribution is 2.71. The van der Waals surface area contributed by atoms with Crippen LogP contribution in [0.2, 0.25) is 0 Å². The molecule has 0 aromatic heterocycles. The fourth-order valence-corrected chi connectivity index (χ4v) is 4.41. The summed E-state index contributed by atoms with van der Waals surface area (Å²) < 4.78 is 0. The Hall–Kier alpha value is -0.260. The zero-order valence-electron chi connectivity index (χ0n) is 9.23. The first-order valence-corrected chi connectivity index (χ1v) is 6.49. The molecule has 0 saturated heterocycles. The lowest BCUT2D eigenvalue weighted by molar-refractivity contribution is 0.439. The minimum Gasteiger partial charge on any atom is -0.0998 e. The van der Waals surface area contributed by atoms with Crippen molar-refractivity contribution in [2.45, 2.75) is 57.8 Å². The van der Waals surface area contributed by atoms with E-state index in [-0.39, 0.29) is 0 Å². The van der Waals surface area contributed by atoms with Crippen LogP contribution in [-0.2, 0) is 0 Å². The lowest BCUT2D eigenvalue weighted by Gasteiger charge is -2.07. The molecule has 14 heavy (non-hydrogen) atoms. The maximum atomic E-state index is 4.19. The minimum absolute atomic E-state index is 0.793. The molecule has 0 heteroatoms. The van der Waals surface area contributed by atoms with Gasteiger partial charge in [-0.3, -0.25) is 0 Å². The van der Waals surface area contributed by atoms with Crippen LogP contribution >= 0.6 is 0 Å². The van der Waals surface area contributed by atoms with Crippen molar-refractivity contribution in [2.24, 2.45) is 17.3 Å². The summed E-state index contributed by atoms with van der Waals surface area (Å²) in [6.07, 6.45) is 13.3. The molecule has 3 aliphatic carbocycles. The van der Waals surface area contributed by atoms with Crippen molar-refractivity contribution in [2.75, 3.05) is 0 Å². The van der Waals surface area contributed by atoms with E-state index in [4.69, 9.17) is 0 Å². The summed E-state index contributed by atoms with van der Waals surface area (Å²) in [6, 6.07) is 0. The second-order valence-corrected chi connectivity index (χ2v) is 5.86. The first-order valence-electron chi connectivity index (χ1n) is 6.49. The average molecular weight is 190 g/mol. The van der Waals surface area contributed by atoms with Gasteiger partial charge >= 0.3 is 0 Å². The Balaban J connectivity index is 1.74. The molecule has 0 aromatic carbocycles. The summed E-state index contributed by atoms with van der Waals surface area (Å²) in [5.74, 6) is 2.23. The molecule has 0 heterocycles. The molecule has 0 radical (unpaired) electrons. The SMILES string of the molecule is C=C1CCC2(C1)C1CCCCCCC12. The normalized spacial score (nSPS) is 47.3. The summed E-state index contributed by atoms with van der Waals surface area (Å²) in [5, 5.41) is 0. The van der Waals surface area contributed by atoms with Crippen LogP contribution in [0.3, 0.4) is 0 Å². The van der Waals surface area contributed by atoms with Crippen LogP contribution in [0.15, 0.2) is 12.2 Å². The molecule has 0 nitrogen and oxygen atoms in total. The summed E-state index contributed by atoms with van der Waals surface area (Å²) in [4.78, 5) is 0. The highest BCUT2D eigenvalue weighted by molar-refractivity contribution is 5.21. The Labute approximate surface area is 87.8 Å². The third-order valence-electron chi connectivity index (χ3n) is 5.16. The van der Waals surface area contributed by atoms with E-state index in [1.807, 2.05) is 0 Å². The van der Waals surface area contributed by atoms with E-state index in [0.717, 1.165) is 17.3 Å². The van der Waals surface area contributed by atoms with Gasteiger partial charge in [0.15, 0.2) is 0 Å². The van der Waals surface area contributed by atoms with E-state index in [1.54, 1.807) is 5.57 Å². The van der Waals surface area contributed by atoms with Crippen LogP contribution in [0.25, 0.3) is 0 Å². The highest BCUT2D eigenvalue weighted by Gasteiger charge is 2.63. The topological polar surface area (TPSA) is 0 Å². The maximum absolute atomic E-state index is 4.19. The van der Waals surface area contributed by atoms with Gasteiger partial charge in [0.25, 0.3) is 0 Å². The van der Waals surface area contributed by atoms with Crippen molar-refractivity contribution < 1.29 is 0 Å². The minimum atomic E-state index is 0.793. The van der Waals surface area contributed by atoms with Crippen molar-refractivity contribution >= 4 is 0 Å². The standard InChI is InChI=1S/C14H22/c1-11-8-9-14(10-11)12-6-4-2-3-5-7-13(12)14/h12-13H,1-10H2. The largest absolute Gasteiger partial charge is 0.0998 e. The van der Waals surface area contributed by atoms with Gasteiger partial charge in [0.2, 0.25) is 0 Å². The van der Waals surface area contributed by atoms with Crippen LogP contribution in [0.4, 0.5) is 0 Å². The fourth-order valence-electron chi connectivity index (χ4n) is 4.41. The molecule has 0 bridgehead atoms. The third kappa shape index (κ3) is 1.19. The van der Waals surface area contributed by atoms with Crippen LogP contribution < -0.4 is 0 Å². The van der Waals surface area contributed by atoms with E-state index in [0.29, 0.717) is 0 Å². The van der Waals surface area contributed by atoms with E-state index < -0.39 is 0 Å². The van der Waals surface area contributed by atoms with Gasteiger partial charge in [-0.1, -0.05) is 37.8 Å². The molecule has 3 aliphatic rings. The quantitative estimate of drug-likeness (QED) is 0.499. The Morgan fingerprint density at radius 3 is 2.14 bits per heavy atom. The molecule has 2 atom stereocenters. The van der Waals surface area contributed by atoms with Crippen molar-refractivity contribution in [3.63, 3.8) is 0 Å². The van der Waals surface area contributed by atoms with Gasteiger partial charge in [0.05, 0.1) is 0 Å². The second kappa shape index (κ2) is 3.12. The number of fused-ring (bicyclic) bond motifs is 3. The summed E-state index contributed by atoms with van der Waals surface area (Å²) in [7, 11) is 0. The molecule has 0 N–H and O–H groups in total. The molecule has 0 aromatic rings. The molecule has 2 unspecified atom stereocenters. The Kier molecular flexibility index (Phi) is 2.00. The van der Waals surface area contributed by atoms with Crippen molar-refractivity contribution in [1.29, 1.82) is 0 Å². The molecular formula is C14H22. The van der Waals surface area contributed by atoms with Crippen molar-refractivity contribution in [3.05, 3.63) is 12.2 Å². The Morgan fingerprint density at radius 1 is 1.00 bits per heavy atom. The Bertz CT molecular complexity index is 237. The van der Waals surface area contributed by atoms with Gasteiger partial charge in [0.1, 0.15) is 0 Å². The van der Waals surface area contributed by atoms with E-state index >= 15 is 0 Å². The van der Waals surface area contributed by atoms with Gasteiger partial charge < -0.3 is 0 Å². The van der Waals surface area contributed by atoms with Gasteiger partial charge in [0, 0.05) is 0 Å². The number of hydrogen-bond donors (Lipinski definition) is 0. The fraction of sp³-hybridized carbons (Fsp3) is 0.857. The molecule has 78 valence electrons. The number of rotatable bonds is 0. The molecule has 0 aliphatic heterocycles.